The Kier molecular flexibility index (Phi) is 3.53. The molecule has 1 aliphatic rings. The lowest BCUT2D eigenvalue weighted by molar-refractivity contribution is 0.0948. The van der Waals surface area contributed by atoms with Crippen molar-refractivity contribution >= 4 is 33.7 Å². The molecule has 7 heteroatoms. The van der Waals surface area contributed by atoms with Gasteiger partial charge in [-0.25, -0.2) is 9.78 Å². The van der Waals surface area contributed by atoms with Crippen LogP contribution in [-0.4, -0.2) is 41.0 Å². The Balaban J connectivity index is 1.47. The molecular formula is C17H17N5O2. The van der Waals surface area contributed by atoms with E-state index in [9.17, 15) is 9.59 Å². The van der Waals surface area contributed by atoms with E-state index in [1.165, 1.54) is 0 Å². The first-order chi connectivity index (χ1) is 11.7. The Hall–Kier alpha value is -3.09. The van der Waals surface area contributed by atoms with Crippen molar-refractivity contribution < 1.29 is 9.59 Å². The molecule has 1 aromatic carbocycles. The number of para-hydroxylation sites is 1. The smallest absolute Gasteiger partial charge is 0.315 e. The second kappa shape index (κ2) is 5.84. The van der Waals surface area contributed by atoms with Gasteiger partial charge in [-0.05, 0) is 18.6 Å². The van der Waals surface area contributed by atoms with Crippen LogP contribution < -0.4 is 16.0 Å². The average Bonchev–Trinajstić information content (AvgIpc) is 3.17. The fourth-order valence-electron chi connectivity index (χ4n) is 3.00. The fourth-order valence-corrected chi connectivity index (χ4v) is 3.00. The average molecular weight is 323 g/mol. The van der Waals surface area contributed by atoms with E-state index in [4.69, 9.17) is 0 Å². The molecule has 0 aliphatic carbocycles. The Bertz CT molecular complexity index is 933. The second-order valence-electron chi connectivity index (χ2n) is 5.88. The highest BCUT2D eigenvalue weighted by Crippen LogP contribution is 2.24. The lowest BCUT2D eigenvalue weighted by Gasteiger charge is -2.09. The van der Waals surface area contributed by atoms with Crippen LogP contribution in [0.2, 0.25) is 0 Å². The fraction of sp³-hybridized carbons (Fsp3) is 0.235. The summed E-state index contributed by atoms with van der Waals surface area (Å²) in [6.45, 7) is 1.08. The molecule has 3 amide bonds. The summed E-state index contributed by atoms with van der Waals surface area (Å²) in [6, 6.07) is 9.67. The summed E-state index contributed by atoms with van der Waals surface area (Å²) in [5, 5.41) is 10.4. The molecule has 122 valence electrons. The normalized spacial score (nSPS) is 17.0. The lowest BCUT2D eigenvalue weighted by Crippen LogP contribution is -2.33. The number of hydrogen-bond acceptors (Lipinski definition) is 3. The Morgan fingerprint density at radius 1 is 1.25 bits per heavy atom. The number of benzene rings is 1. The number of nitrogens with zero attached hydrogens (tertiary/aromatic N) is 1. The van der Waals surface area contributed by atoms with Gasteiger partial charge in [0.2, 0.25) is 0 Å². The minimum atomic E-state index is -0.209. The summed E-state index contributed by atoms with van der Waals surface area (Å²) in [5.41, 5.74) is 2.32. The third-order valence-electron chi connectivity index (χ3n) is 4.25. The van der Waals surface area contributed by atoms with Gasteiger partial charge >= 0.3 is 6.03 Å². The maximum absolute atomic E-state index is 12.3. The number of rotatable bonds is 4. The number of carbonyl (C=O) groups is 2. The Morgan fingerprint density at radius 2 is 2.12 bits per heavy atom. The third kappa shape index (κ3) is 2.64. The maximum Gasteiger partial charge on any atom is 0.315 e. The first-order valence-corrected chi connectivity index (χ1v) is 7.90. The zero-order valence-electron chi connectivity index (χ0n) is 12.9. The molecule has 1 atom stereocenters. The van der Waals surface area contributed by atoms with E-state index in [1.807, 2.05) is 30.3 Å². The Labute approximate surface area is 137 Å². The molecule has 1 saturated heterocycles. The topological polar surface area (TPSA) is 98.9 Å². The van der Waals surface area contributed by atoms with Gasteiger partial charge in [0.15, 0.2) is 0 Å². The highest BCUT2D eigenvalue weighted by molar-refractivity contribution is 6.09. The molecule has 1 fully saturated rings. The minimum Gasteiger partial charge on any atom is -0.353 e. The summed E-state index contributed by atoms with van der Waals surface area (Å²) in [6.07, 6.45) is 2.37. The van der Waals surface area contributed by atoms with Crippen molar-refractivity contribution in [3.8, 4) is 0 Å². The molecular weight excluding hydrogens is 306 g/mol. The van der Waals surface area contributed by atoms with Crippen LogP contribution >= 0.6 is 0 Å². The summed E-state index contributed by atoms with van der Waals surface area (Å²) in [4.78, 5) is 30.9. The van der Waals surface area contributed by atoms with E-state index in [0.29, 0.717) is 25.2 Å². The number of H-pyrrole nitrogens is 1. The van der Waals surface area contributed by atoms with E-state index in [0.717, 1.165) is 21.8 Å². The van der Waals surface area contributed by atoms with E-state index < -0.39 is 0 Å². The number of amides is 3. The van der Waals surface area contributed by atoms with Crippen molar-refractivity contribution in [2.75, 3.05) is 13.1 Å². The minimum absolute atomic E-state index is 0.0573. The van der Waals surface area contributed by atoms with Crippen molar-refractivity contribution in [1.29, 1.82) is 0 Å². The molecule has 0 bridgehead atoms. The number of carbonyl (C=O) groups excluding carboxylic acids is 2. The van der Waals surface area contributed by atoms with Gasteiger partial charge < -0.3 is 20.9 Å². The SMILES string of the molecule is O=C1NCC(CCNC(=O)c2cc3c(cn2)[nH]c2ccccc23)N1. The van der Waals surface area contributed by atoms with Crippen LogP contribution in [0.15, 0.2) is 36.5 Å². The van der Waals surface area contributed by atoms with Gasteiger partial charge in [-0.2, -0.15) is 0 Å². The van der Waals surface area contributed by atoms with Gasteiger partial charge in [0.25, 0.3) is 5.91 Å². The number of pyridine rings is 1. The lowest BCUT2D eigenvalue weighted by atomic mass is 10.1. The van der Waals surface area contributed by atoms with E-state index in [2.05, 4.69) is 25.9 Å². The summed E-state index contributed by atoms with van der Waals surface area (Å²) >= 11 is 0. The predicted octanol–water partition coefficient (Wildman–Crippen LogP) is 1.52. The van der Waals surface area contributed by atoms with Gasteiger partial charge in [0.05, 0.1) is 11.7 Å². The zero-order valence-corrected chi connectivity index (χ0v) is 12.9. The molecule has 3 heterocycles. The van der Waals surface area contributed by atoms with Crippen LogP contribution in [0, 0.1) is 0 Å². The van der Waals surface area contributed by atoms with E-state index in [1.54, 1.807) is 6.20 Å². The predicted molar refractivity (Wildman–Crippen MR) is 90.9 cm³/mol. The molecule has 1 unspecified atom stereocenters. The van der Waals surface area contributed by atoms with Crippen molar-refractivity contribution in [1.82, 2.24) is 25.9 Å². The molecule has 24 heavy (non-hydrogen) atoms. The first-order valence-electron chi connectivity index (χ1n) is 7.90. The van der Waals surface area contributed by atoms with Crippen LogP contribution in [0.3, 0.4) is 0 Å². The number of nitrogens with one attached hydrogen (secondary N) is 4. The number of urea groups is 1. The maximum atomic E-state index is 12.3. The molecule has 7 nitrogen and oxygen atoms in total. The second-order valence-corrected chi connectivity index (χ2v) is 5.88. The van der Waals surface area contributed by atoms with E-state index in [-0.39, 0.29) is 18.0 Å². The molecule has 0 radical (unpaired) electrons. The third-order valence-corrected chi connectivity index (χ3v) is 4.25. The van der Waals surface area contributed by atoms with Gasteiger partial charge in [0.1, 0.15) is 5.69 Å². The highest BCUT2D eigenvalue weighted by atomic mass is 16.2. The molecule has 3 aromatic rings. The number of fused-ring (bicyclic) bond motifs is 3. The van der Waals surface area contributed by atoms with Gasteiger partial charge in [-0.1, -0.05) is 18.2 Å². The summed E-state index contributed by atoms with van der Waals surface area (Å²) in [5.74, 6) is -0.209. The van der Waals surface area contributed by atoms with Crippen molar-refractivity contribution in [3.63, 3.8) is 0 Å². The molecule has 0 saturated carbocycles. The number of hydrogen-bond donors (Lipinski definition) is 4. The monoisotopic (exact) mass is 323 g/mol. The van der Waals surface area contributed by atoms with E-state index >= 15 is 0 Å². The van der Waals surface area contributed by atoms with Crippen LogP contribution in [-0.2, 0) is 0 Å². The van der Waals surface area contributed by atoms with Gasteiger partial charge in [0, 0.05) is 35.4 Å². The van der Waals surface area contributed by atoms with Crippen molar-refractivity contribution in [3.05, 3.63) is 42.2 Å². The standard InChI is InChI=1S/C17H17N5O2/c23-16(18-6-5-10-8-20-17(24)21-10)14-7-12-11-3-1-2-4-13(11)22-15(12)9-19-14/h1-4,7,9-10,22H,5-6,8H2,(H,18,23)(H2,20,21,24). The first kappa shape index (κ1) is 14.5. The van der Waals surface area contributed by atoms with Crippen LogP contribution in [0.5, 0.6) is 0 Å². The van der Waals surface area contributed by atoms with Crippen LogP contribution in [0.4, 0.5) is 4.79 Å². The zero-order chi connectivity index (χ0) is 16.5. The summed E-state index contributed by atoms with van der Waals surface area (Å²) < 4.78 is 0. The molecule has 1 aliphatic heterocycles. The summed E-state index contributed by atoms with van der Waals surface area (Å²) in [7, 11) is 0. The van der Waals surface area contributed by atoms with Gasteiger partial charge in [-0.3, -0.25) is 4.79 Å². The number of aromatic amines is 1. The molecule has 4 rings (SSSR count). The van der Waals surface area contributed by atoms with Crippen molar-refractivity contribution in [2.24, 2.45) is 0 Å². The Morgan fingerprint density at radius 3 is 2.96 bits per heavy atom. The highest BCUT2D eigenvalue weighted by Gasteiger charge is 2.19. The van der Waals surface area contributed by atoms with Crippen molar-refractivity contribution in [2.45, 2.75) is 12.5 Å². The van der Waals surface area contributed by atoms with Crippen LogP contribution in [0.25, 0.3) is 21.8 Å². The molecule has 0 spiro atoms. The largest absolute Gasteiger partial charge is 0.353 e. The van der Waals surface area contributed by atoms with Crippen LogP contribution in [0.1, 0.15) is 16.9 Å². The molecule has 4 N–H and O–H groups in total. The molecule has 2 aromatic heterocycles. The number of aromatic nitrogens is 2. The van der Waals surface area contributed by atoms with Gasteiger partial charge in [-0.15, -0.1) is 0 Å². The quantitative estimate of drug-likeness (QED) is 0.586.